The molecule has 0 aromatic rings. The van der Waals surface area contributed by atoms with Gasteiger partial charge in [-0.1, -0.05) is 32.9 Å². The van der Waals surface area contributed by atoms with E-state index in [1.54, 1.807) is 0 Å². The zero-order chi connectivity index (χ0) is 8.97. The van der Waals surface area contributed by atoms with Crippen molar-refractivity contribution in [3.8, 4) is 0 Å². The molecule has 0 radical (unpaired) electrons. The summed E-state index contributed by atoms with van der Waals surface area (Å²) in [4.78, 5) is 0. The fraction of sp³-hybridized carbons (Fsp3) is 0.833. The van der Waals surface area contributed by atoms with Crippen molar-refractivity contribution in [1.29, 1.82) is 0 Å². The summed E-state index contributed by atoms with van der Waals surface area (Å²) in [6.45, 7) is 7.63. The maximum atomic E-state index is 5.64. The van der Waals surface area contributed by atoms with Crippen LogP contribution in [0.4, 0.5) is 0 Å². The summed E-state index contributed by atoms with van der Waals surface area (Å²) in [6, 6.07) is 0. The molecule has 0 unspecified atom stereocenters. The van der Waals surface area contributed by atoms with Crippen molar-refractivity contribution in [2.75, 3.05) is 6.61 Å². The van der Waals surface area contributed by atoms with E-state index >= 15 is 0 Å². The van der Waals surface area contributed by atoms with E-state index in [1.165, 1.54) is 18.4 Å². The number of rotatable bonds is 2. The molecule has 2 atom stereocenters. The van der Waals surface area contributed by atoms with Gasteiger partial charge in [-0.2, -0.15) is 27.0 Å². The standard InChI is InChI=1S/C11H20O.CH4.2H2S/c1-4-9(2)7-11-8-10(3)5-6-12-11;;;/h7,10-11H,4-6,8H2,1-3H3;1H4;2*1H2/b9-7-;;;/t10-,11+;;;/m0.../s1. The van der Waals surface area contributed by atoms with Gasteiger partial charge in [0.1, 0.15) is 0 Å². The second-order valence-corrected chi connectivity index (χ2v) is 3.91. The van der Waals surface area contributed by atoms with Crippen LogP contribution in [-0.4, -0.2) is 12.7 Å². The zero-order valence-electron chi connectivity index (χ0n) is 9.47. The SMILES string of the molecule is C.CC/C(C)=C\[C@@H]1C[C@@H](C)CCO1.S.S. The lowest BCUT2D eigenvalue weighted by Gasteiger charge is -2.25. The summed E-state index contributed by atoms with van der Waals surface area (Å²) in [5.74, 6) is 0.838. The third kappa shape index (κ3) is 8.23. The Morgan fingerprint density at radius 1 is 1.40 bits per heavy atom. The summed E-state index contributed by atoms with van der Waals surface area (Å²) in [5.41, 5.74) is 1.45. The average molecular weight is 252 g/mol. The lowest BCUT2D eigenvalue weighted by Crippen LogP contribution is -2.22. The Hall–Kier alpha value is 0.400. The molecular formula is C12H28OS2. The first-order chi connectivity index (χ1) is 5.72. The van der Waals surface area contributed by atoms with Crippen molar-refractivity contribution < 1.29 is 4.74 Å². The normalized spacial score (nSPS) is 25.7. The fourth-order valence-corrected chi connectivity index (χ4v) is 1.55. The average Bonchev–Trinajstić information content (AvgIpc) is 2.04. The lowest BCUT2D eigenvalue weighted by molar-refractivity contribution is 0.0234. The molecule has 1 nitrogen and oxygen atoms in total. The molecule has 0 N–H and O–H groups in total. The summed E-state index contributed by atoms with van der Waals surface area (Å²) in [6.07, 6.45) is 6.27. The molecule has 1 aliphatic rings. The third-order valence-electron chi connectivity index (χ3n) is 2.61. The minimum absolute atomic E-state index is 0. The molecule has 0 spiro atoms. The minimum Gasteiger partial charge on any atom is -0.374 e. The topological polar surface area (TPSA) is 9.23 Å². The molecule has 0 amide bonds. The van der Waals surface area contributed by atoms with E-state index in [0.717, 1.165) is 18.9 Å². The molecule has 1 aliphatic heterocycles. The van der Waals surface area contributed by atoms with E-state index in [4.69, 9.17) is 4.74 Å². The highest BCUT2D eigenvalue weighted by atomic mass is 32.1. The van der Waals surface area contributed by atoms with Crippen LogP contribution in [0.2, 0.25) is 0 Å². The Bertz CT molecular complexity index is 169. The first-order valence-corrected chi connectivity index (χ1v) is 5.01. The van der Waals surface area contributed by atoms with E-state index in [9.17, 15) is 0 Å². The van der Waals surface area contributed by atoms with Crippen LogP contribution in [0, 0.1) is 5.92 Å². The van der Waals surface area contributed by atoms with Gasteiger partial charge in [0.15, 0.2) is 0 Å². The first-order valence-electron chi connectivity index (χ1n) is 5.01. The minimum atomic E-state index is 0. The zero-order valence-corrected chi connectivity index (χ0v) is 11.5. The van der Waals surface area contributed by atoms with Gasteiger partial charge in [0.05, 0.1) is 6.10 Å². The van der Waals surface area contributed by atoms with Crippen molar-refractivity contribution in [3.63, 3.8) is 0 Å². The molecule has 1 heterocycles. The van der Waals surface area contributed by atoms with Gasteiger partial charge < -0.3 is 4.74 Å². The van der Waals surface area contributed by atoms with Crippen LogP contribution in [0.3, 0.4) is 0 Å². The summed E-state index contributed by atoms with van der Waals surface area (Å²) in [5, 5.41) is 0. The molecule has 1 fully saturated rings. The van der Waals surface area contributed by atoms with Crippen LogP contribution < -0.4 is 0 Å². The van der Waals surface area contributed by atoms with E-state index in [-0.39, 0.29) is 34.4 Å². The van der Waals surface area contributed by atoms with Gasteiger partial charge in [-0.05, 0) is 32.1 Å². The highest BCUT2D eigenvalue weighted by Crippen LogP contribution is 2.21. The van der Waals surface area contributed by atoms with Crippen LogP contribution in [0.15, 0.2) is 11.6 Å². The largest absolute Gasteiger partial charge is 0.374 e. The van der Waals surface area contributed by atoms with Crippen molar-refractivity contribution in [1.82, 2.24) is 0 Å². The van der Waals surface area contributed by atoms with Crippen molar-refractivity contribution >= 4 is 27.0 Å². The van der Waals surface area contributed by atoms with Crippen molar-refractivity contribution in [2.45, 2.75) is 53.6 Å². The quantitative estimate of drug-likeness (QED) is 0.675. The molecule has 0 saturated carbocycles. The fourth-order valence-electron chi connectivity index (χ4n) is 1.55. The molecule has 15 heavy (non-hydrogen) atoms. The Morgan fingerprint density at radius 3 is 2.47 bits per heavy atom. The molecule has 1 rings (SSSR count). The van der Waals surface area contributed by atoms with Crippen molar-refractivity contribution in [2.24, 2.45) is 5.92 Å². The van der Waals surface area contributed by atoms with Crippen LogP contribution in [-0.2, 0) is 4.74 Å². The molecule has 3 heteroatoms. The van der Waals surface area contributed by atoms with Crippen LogP contribution in [0.5, 0.6) is 0 Å². The summed E-state index contributed by atoms with van der Waals surface area (Å²) >= 11 is 0. The molecule has 0 bridgehead atoms. The smallest absolute Gasteiger partial charge is 0.0760 e. The maximum Gasteiger partial charge on any atom is 0.0760 e. The Kier molecular flexibility index (Phi) is 15.1. The number of ether oxygens (including phenoxy) is 1. The van der Waals surface area contributed by atoms with E-state index in [1.807, 2.05) is 0 Å². The van der Waals surface area contributed by atoms with Gasteiger partial charge >= 0.3 is 0 Å². The second-order valence-electron chi connectivity index (χ2n) is 3.91. The number of hydrogen-bond acceptors (Lipinski definition) is 1. The van der Waals surface area contributed by atoms with Crippen LogP contribution in [0.1, 0.15) is 47.5 Å². The summed E-state index contributed by atoms with van der Waals surface area (Å²) < 4.78 is 5.64. The first kappa shape index (κ1) is 20.8. The molecule has 0 aliphatic carbocycles. The summed E-state index contributed by atoms with van der Waals surface area (Å²) in [7, 11) is 0. The van der Waals surface area contributed by atoms with Gasteiger partial charge in [-0.3, -0.25) is 0 Å². The number of allylic oxidation sites excluding steroid dienone is 1. The van der Waals surface area contributed by atoms with Crippen LogP contribution >= 0.6 is 27.0 Å². The molecule has 1 saturated heterocycles. The maximum absolute atomic E-state index is 5.64. The Balaban J connectivity index is -0.000000480. The third-order valence-corrected chi connectivity index (χ3v) is 2.61. The molecule has 0 aromatic heterocycles. The monoisotopic (exact) mass is 252 g/mol. The van der Waals surface area contributed by atoms with E-state index in [2.05, 4.69) is 26.8 Å². The van der Waals surface area contributed by atoms with Gasteiger partial charge in [0.25, 0.3) is 0 Å². The predicted octanol–water partition coefficient (Wildman–Crippen LogP) is 4.02. The van der Waals surface area contributed by atoms with E-state index in [0.29, 0.717) is 6.10 Å². The van der Waals surface area contributed by atoms with Gasteiger partial charge in [-0.15, -0.1) is 0 Å². The molecule has 0 aromatic carbocycles. The Morgan fingerprint density at radius 2 is 2.00 bits per heavy atom. The van der Waals surface area contributed by atoms with Gasteiger partial charge in [0.2, 0.25) is 0 Å². The Labute approximate surface area is 110 Å². The highest BCUT2D eigenvalue weighted by Gasteiger charge is 2.16. The van der Waals surface area contributed by atoms with Gasteiger partial charge in [0, 0.05) is 6.61 Å². The predicted molar refractivity (Wildman–Crippen MR) is 79.7 cm³/mol. The second kappa shape index (κ2) is 10.9. The lowest BCUT2D eigenvalue weighted by atomic mass is 9.96. The van der Waals surface area contributed by atoms with E-state index < -0.39 is 0 Å². The number of hydrogen-bond donors (Lipinski definition) is 0. The molecule has 94 valence electrons. The molecular weight excluding hydrogens is 224 g/mol. The highest BCUT2D eigenvalue weighted by molar-refractivity contribution is 7.59. The van der Waals surface area contributed by atoms with Crippen molar-refractivity contribution in [3.05, 3.63) is 11.6 Å². The van der Waals surface area contributed by atoms with Crippen LogP contribution in [0.25, 0.3) is 0 Å². The van der Waals surface area contributed by atoms with Gasteiger partial charge in [-0.25, -0.2) is 0 Å².